The third-order valence-corrected chi connectivity index (χ3v) is 7.40. The third kappa shape index (κ3) is 3.88. The first kappa shape index (κ1) is 24.0. The topological polar surface area (TPSA) is 80.0 Å². The summed E-state index contributed by atoms with van der Waals surface area (Å²) in [5.74, 6) is 3.90. The molecule has 7 rings (SSSR count). The zero-order valence-electron chi connectivity index (χ0n) is 22.3. The van der Waals surface area contributed by atoms with Crippen LogP contribution in [0, 0.1) is 0 Å². The van der Waals surface area contributed by atoms with Crippen molar-refractivity contribution in [2.24, 2.45) is 0 Å². The SMILES string of the molecule is COc1ccc(Cc2nc3c4c(ncn3n2)Oc2c(ccc3ccccc23)[C@@H]4c2ccc(OC)c(OC)c2)cc1. The molecule has 0 unspecified atom stereocenters. The second-order valence-corrected chi connectivity index (χ2v) is 9.64. The van der Waals surface area contributed by atoms with Crippen LogP contribution in [0.3, 0.4) is 0 Å². The molecule has 1 aliphatic rings. The Morgan fingerprint density at radius 3 is 2.48 bits per heavy atom. The molecule has 0 amide bonds. The molecule has 2 aromatic heterocycles. The monoisotopic (exact) mass is 530 g/mol. The highest BCUT2D eigenvalue weighted by Crippen LogP contribution is 2.51. The van der Waals surface area contributed by atoms with Crippen LogP contribution < -0.4 is 18.9 Å². The lowest BCUT2D eigenvalue weighted by Crippen LogP contribution is -2.15. The van der Waals surface area contributed by atoms with Crippen molar-refractivity contribution in [1.29, 1.82) is 0 Å². The number of benzene rings is 4. The maximum Gasteiger partial charge on any atom is 0.228 e. The molecule has 1 aliphatic heterocycles. The Bertz CT molecular complexity index is 1880. The summed E-state index contributed by atoms with van der Waals surface area (Å²) in [7, 11) is 4.94. The molecule has 6 aromatic rings. The minimum absolute atomic E-state index is 0.225. The molecular formula is C32H26N4O4. The highest BCUT2D eigenvalue weighted by Gasteiger charge is 2.34. The Balaban J connectivity index is 1.42. The molecule has 0 aliphatic carbocycles. The van der Waals surface area contributed by atoms with Crippen LogP contribution in [-0.4, -0.2) is 40.9 Å². The standard InChI is InChI=1S/C32H26N4O4/c1-37-22-12-8-19(9-13-22)16-27-34-31-29-28(21-11-15-25(38-2)26(17-21)39-3)24-14-10-20-6-4-5-7-23(20)30(24)40-32(29)33-18-36(31)35-27/h4-15,17-18,28H,16H2,1-3H3/t28-/m0/s1. The lowest BCUT2D eigenvalue weighted by atomic mass is 9.82. The van der Waals surface area contributed by atoms with E-state index in [1.807, 2.05) is 48.5 Å². The van der Waals surface area contributed by atoms with Crippen molar-refractivity contribution in [3.8, 4) is 28.9 Å². The quantitative estimate of drug-likeness (QED) is 0.254. The van der Waals surface area contributed by atoms with Crippen molar-refractivity contribution >= 4 is 16.4 Å². The van der Waals surface area contributed by atoms with Gasteiger partial charge in [0, 0.05) is 23.3 Å². The van der Waals surface area contributed by atoms with Crippen LogP contribution in [-0.2, 0) is 6.42 Å². The van der Waals surface area contributed by atoms with Crippen LogP contribution in [0.25, 0.3) is 16.4 Å². The predicted molar refractivity (Wildman–Crippen MR) is 151 cm³/mol. The molecule has 0 bridgehead atoms. The first-order valence-electron chi connectivity index (χ1n) is 13.0. The Hall–Kier alpha value is -5.11. The van der Waals surface area contributed by atoms with E-state index in [-0.39, 0.29) is 5.92 Å². The van der Waals surface area contributed by atoms with Gasteiger partial charge in [-0.05, 0) is 40.8 Å². The van der Waals surface area contributed by atoms with E-state index >= 15 is 0 Å². The number of ether oxygens (including phenoxy) is 4. The fourth-order valence-corrected chi connectivity index (χ4v) is 5.47. The fraction of sp³-hybridized carbons (Fsp3) is 0.156. The summed E-state index contributed by atoms with van der Waals surface area (Å²) in [5.41, 5.74) is 4.67. The van der Waals surface area contributed by atoms with Crippen LogP contribution in [0.2, 0.25) is 0 Å². The summed E-state index contributed by atoms with van der Waals surface area (Å²) in [6.45, 7) is 0. The fourth-order valence-electron chi connectivity index (χ4n) is 5.47. The summed E-state index contributed by atoms with van der Waals surface area (Å²) in [6.07, 6.45) is 2.24. The zero-order chi connectivity index (χ0) is 27.2. The van der Waals surface area contributed by atoms with E-state index in [2.05, 4.69) is 30.3 Å². The number of nitrogens with zero attached hydrogens (tertiary/aromatic N) is 4. The smallest absolute Gasteiger partial charge is 0.228 e. The molecule has 0 saturated carbocycles. The van der Waals surface area contributed by atoms with Crippen LogP contribution in [0.15, 0.2) is 85.2 Å². The van der Waals surface area contributed by atoms with Gasteiger partial charge in [0.15, 0.2) is 23.0 Å². The van der Waals surface area contributed by atoms with Crippen LogP contribution in [0.4, 0.5) is 0 Å². The van der Waals surface area contributed by atoms with E-state index in [0.29, 0.717) is 35.3 Å². The van der Waals surface area contributed by atoms with Gasteiger partial charge in [-0.2, -0.15) is 0 Å². The summed E-state index contributed by atoms with van der Waals surface area (Å²) < 4.78 is 24.8. The van der Waals surface area contributed by atoms with Gasteiger partial charge in [-0.3, -0.25) is 0 Å². The second kappa shape index (κ2) is 9.57. The number of hydrogen-bond donors (Lipinski definition) is 0. The minimum Gasteiger partial charge on any atom is -0.497 e. The van der Waals surface area contributed by atoms with Gasteiger partial charge in [0.25, 0.3) is 0 Å². The van der Waals surface area contributed by atoms with Gasteiger partial charge in [0.05, 0.1) is 26.9 Å². The Labute approximate surface area is 230 Å². The van der Waals surface area contributed by atoms with Crippen molar-refractivity contribution in [3.05, 3.63) is 113 Å². The Kier molecular flexibility index (Phi) is 5.73. The van der Waals surface area contributed by atoms with Gasteiger partial charge in [-0.1, -0.05) is 54.6 Å². The van der Waals surface area contributed by atoms with Gasteiger partial charge in [0.2, 0.25) is 5.88 Å². The molecule has 0 fully saturated rings. The molecule has 0 radical (unpaired) electrons. The van der Waals surface area contributed by atoms with Crippen molar-refractivity contribution in [2.45, 2.75) is 12.3 Å². The summed E-state index contributed by atoms with van der Waals surface area (Å²) in [5, 5.41) is 6.89. The molecule has 4 aromatic carbocycles. The molecule has 8 nitrogen and oxygen atoms in total. The summed E-state index contributed by atoms with van der Waals surface area (Å²) in [4.78, 5) is 9.71. The van der Waals surface area contributed by atoms with Crippen LogP contribution >= 0.6 is 0 Å². The molecular weight excluding hydrogens is 504 g/mol. The Morgan fingerprint density at radius 2 is 1.68 bits per heavy atom. The predicted octanol–water partition coefficient (Wildman–Crippen LogP) is 6.18. The summed E-state index contributed by atoms with van der Waals surface area (Å²) in [6, 6.07) is 26.4. The van der Waals surface area contributed by atoms with E-state index in [1.54, 1.807) is 32.2 Å². The van der Waals surface area contributed by atoms with E-state index in [9.17, 15) is 0 Å². The largest absolute Gasteiger partial charge is 0.497 e. The second-order valence-electron chi connectivity index (χ2n) is 9.64. The average molecular weight is 531 g/mol. The maximum atomic E-state index is 6.54. The molecule has 1 atom stereocenters. The molecule has 0 saturated heterocycles. The Morgan fingerprint density at radius 1 is 0.850 bits per heavy atom. The first-order valence-corrected chi connectivity index (χ1v) is 13.0. The molecule has 3 heterocycles. The van der Waals surface area contributed by atoms with E-state index in [1.165, 1.54) is 0 Å². The van der Waals surface area contributed by atoms with E-state index < -0.39 is 0 Å². The van der Waals surface area contributed by atoms with Crippen molar-refractivity contribution in [1.82, 2.24) is 19.6 Å². The average Bonchev–Trinajstić information content (AvgIpc) is 3.42. The zero-order valence-corrected chi connectivity index (χ0v) is 22.3. The highest BCUT2D eigenvalue weighted by atomic mass is 16.5. The number of fused-ring (bicyclic) bond motifs is 6. The normalized spacial score (nSPS) is 13.9. The van der Waals surface area contributed by atoms with Gasteiger partial charge in [-0.25, -0.2) is 14.5 Å². The van der Waals surface area contributed by atoms with Gasteiger partial charge < -0.3 is 18.9 Å². The number of hydrogen-bond acceptors (Lipinski definition) is 7. The van der Waals surface area contributed by atoms with E-state index in [0.717, 1.165) is 44.5 Å². The first-order chi connectivity index (χ1) is 19.7. The molecule has 8 heteroatoms. The molecule has 40 heavy (non-hydrogen) atoms. The van der Waals surface area contributed by atoms with Crippen molar-refractivity contribution in [3.63, 3.8) is 0 Å². The van der Waals surface area contributed by atoms with Gasteiger partial charge >= 0.3 is 0 Å². The maximum absolute atomic E-state index is 6.54. The van der Waals surface area contributed by atoms with Crippen LogP contribution in [0.5, 0.6) is 28.9 Å². The lowest BCUT2D eigenvalue weighted by Gasteiger charge is -2.29. The molecule has 198 valence electrons. The van der Waals surface area contributed by atoms with E-state index in [4.69, 9.17) is 34.0 Å². The van der Waals surface area contributed by atoms with Crippen molar-refractivity contribution in [2.75, 3.05) is 21.3 Å². The van der Waals surface area contributed by atoms with Gasteiger partial charge in [0.1, 0.15) is 17.8 Å². The molecule has 0 N–H and O–H groups in total. The lowest BCUT2D eigenvalue weighted by molar-refractivity contribution is 0.354. The van der Waals surface area contributed by atoms with Crippen molar-refractivity contribution < 1.29 is 18.9 Å². The van der Waals surface area contributed by atoms with Crippen LogP contribution in [0.1, 0.15) is 34.0 Å². The number of rotatable bonds is 6. The number of aromatic nitrogens is 4. The molecule has 0 spiro atoms. The van der Waals surface area contributed by atoms with Gasteiger partial charge in [-0.15, -0.1) is 5.10 Å². The minimum atomic E-state index is -0.225. The highest BCUT2D eigenvalue weighted by molar-refractivity contribution is 5.91. The number of methoxy groups -OCH3 is 3. The summed E-state index contributed by atoms with van der Waals surface area (Å²) >= 11 is 0. The third-order valence-electron chi connectivity index (χ3n) is 7.40.